The minimum Gasteiger partial charge on any atom is -0.334 e. The molecular formula is C15H23F5N2. The Bertz CT molecular complexity index is 559. The maximum atomic E-state index is 13.4. The third-order valence-electron chi connectivity index (χ3n) is 2.17. The van der Waals surface area contributed by atoms with Crippen molar-refractivity contribution in [1.82, 2.24) is 9.97 Å². The van der Waals surface area contributed by atoms with E-state index in [1.54, 1.807) is 0 Å². The number of fused-ring (bicyclic) bond motifs is 1. The number of nitrogens with one attached hydrogen (secondary N) is 1. The topological polar surface area (TPSA) is 28.7 Å². The van der Waals surface area contributed by atoms with Gasteiger partial charge in [0.2, 0.25) is 5.82 Å². The minimum atomic E-state index is -4.71. The highest BCUT2D eigenvalue weighted by Crippen LogP contribution is 2.30. The molecule has 1 heterocycles. The first-order chi connectivity index (χ1) is 10.3. The number of hydrogen-bond donors (Lipinski definition) is 1. The first kappa shape index (κ1) is 22.6. The van der Waals surface area contributed by atoms with Gasteiger partial charge < -0.3 is 4.98 Å². The fourth-order valence-corrected chi connectivity index (χ4v) is 1.31. The molecule has 0 aliphatic rings. The van der Waals surface area contributed by atoms with Crippen molar-refractivity contribution in [1.29, 1.82) is 0 Å². The normalized spacial score (nSPS) is 9.82. The van der Waals surface area contributed by atoms with E-state index < -0.39 is 29.2 Å². The number of hydrogen-bond acceptors (Lipinski definition) is 1. The maximum Gasteiger partial charge on any atom is 0.449 e. The molecule has 2 aromatic rings. The van der Waals surface area contributed by atoms with Crippen LogP contribution in [0.4, 0.5) is 22.0 Å². The van der Waals surface area contributed by atoms with Crippen molar-refractivity contribution in [3.63, 3.8) is 0 Å². The summed E-state index contributed by atoms with van der Waals surface area (Å²) in [6, 6.07) is 0.788. The van der Waals surface area contributed by atoms with Gasteiger partial charge in [0.15, 0.2) is 5.82 Å². The summed E-state index contributed by atoms with van der Waals surface area (Å²) < 4.78 is 63.2. The second-order valence-corrected chi connectivity index (χ2v) is 3.28. The van der Waals surface area contributed by atoms with Gasteiger partial charge in [-0.3, -0.25) is 0 Å². The molecule has 0 amide bonds. The van der Waals surface area contributed by atoms with Crippen LogP contribution in [0.15, 0.2) is 6.07 Å². The van der Waals surface area contributed by atoms with E-state index in [4.69, 9.17) is 0 Å². The van der Waals surface area contributed by atoms with E-state index in [0.717, 1.165) is 13.0 Å². The van der Waals surface area contributed by atoms with Crippen molar-refractivity contribution in [2.45, 2.75) is 54.6 Å². The number of nitrogens with zero attached hydrogens (tertiary/aromatic N) is 1. The Morgan fingerprint density at radius 2 is 1.41 bits per heavy atom. The fourth-order valence-electron chi connectivity index (χ4n) is 1.31. The molecule has 0 spiro atoms. The molecule has 0 saturated carbocycles. The molecule has 1 N–H and O–H groups in total. The molecule has 0 unspecified atom stereocenters. The Kier molecular flexibility index (Phi) is 10.4. The molecule has 22 heavy (non-hydrogen) atoms. The summed E-state index contributed by atoms with van der Waals surface area (Å²) in [5.41, 5.74) is -1.17. The van der Waals surface area contributed by atoms with Crippen molar-refractivity contribution in [3.8, 4) is 0 Å². The molecule has 2 rings (SSSR count). The van der Waals surface area contributed by atoms with Gasteiger partial charge in [0.05, 0.1) is 5.52 Å². The van der Waals surface area contributed by atoms with E-state index in [2.05, 4.69) is 4.98 Å². The number of aromatic nitrogens is 2. The van der Waals surface area contributed by atoms with Gasteiger partial charge in [-0.05, 0) is 6.92 Å². The Balaban J connectivity index is 0. The Morgan fingerprint density at radius 3 is 1.82 bits per heavy atom. The average molecular weight is 326 g/mol. The van der Waals surface area contributed by atoms with E-state index in [-0.39, 0.29) is 11.1 Å². The first-order valence-corrected chi connectivity index (χ1v) is 7.22. The summed E-state index contributed by atoms with van der Waals surface area (Å²) >= 11 is 0. The van der Waals surface area contributed by atoms with Gasteiger partial charge in [0.1, 0.15) is 11.3 Å². The zero-order chi connectivity index (χ0) is 18.1. The van der Waals surface area contributed by atoms with Crippen LogP contribution in [0.5, 0.6) is 0 Å². The lowest BCUT2D eigenvalue weighted by Crippen LogP contribution is -2.06. The first-order valence-electron chi connectivity index (χ1n) is 7.22. The largest absolute Gasteiger partial charge is 0.449 e. The van der Waals surface area contributed by atoms with Crippen LogP contribution in [0, 0.1) is 18.6 Å². The van der Waals surface area contributed by atoms with Gasteiger partial charge in [-0.15, -0.1) is 0 Å². The second kappa shape index (κ2) is 10.1. The molecule has 0 atom stereocenters. The summed E-state index contributed by atoms with van der Waals surface area (Å²) in [7, 11) is 0. The number of halogens is 5. The molecule has 0 saturated heterocycles. The monoisotopic (exact) mass is 326 g/mol. The molecule has 2 nitrogen and oxygen atoms in total. The SMILES string of the molecule is CC.CC.CC.Cc1c(F)cc2[nH]c(C(F)(F)F)nc2c1F. The molecule has 0 bridgehead atoms. The van der Waals surface area contributed by atoms with Crippen LogP contribution in [-0.2, 0) is 6.18 Å². The number of rotatable bonds is 0. The van der Waals surface area contributed by atoms with E-state index in [0.29, 0.717) is 0 Å². The molecular weight excluding hydrogens is 303 g/mol. The molecule has 1 aromatic heterocycles. The highest BCUT2D eigenvalue weighted by Gasteiger charge is 2.35. The lowest BCUT2D eigenvalue weighted by atomic mass is 10.2. The quantitative estimate of drug-likeness (QED) is 0.570. The fraction of sp³-hybridized carbons (Fsp3) is 0.533. The van der Waals surface area contributed by atoms with Gasteiger partial charge in [0.25, 0.3) is 0 Å². The molecule has 0 radical (unpaired) electrons. The number of benzene rings is 1. The van der Waals surface area contributed by atoms with E-state index in [1.165, 1.54) is 0 Å². The predicted octanol–water partition coefficient (Wildman–Crippen LogP) is 6.25. The zero-order valence-electron chi connectivity index (χ0n) is 13.9. The second-order valence-electron chi connectivity index (χ2n) is 3.28. The van der Waals surface area contributed by atoms with Crippen LogP contribution in [-0.4, -0.2) is 9.97 Å². The maximum absolute atomic E-state index is 13.4. The van der Waals surface area contributed by atoms with Gasteiger partial charge in [-0.2, -0.15) is 13.2 Å². The summed E-state index contributed by atoms with van der Waals surface area (Å²) in [5.74, 6) is -3.34. The number of alkyl halides is 3. The van der Waals surface area contributed by atoms with Crippen LogP contribution in [0.2, 0.25) is 0 Å². The third kappa shape index (κ3) is 5.27. The molecule has 0 aliphatic heterocycles. The van der Waals surface area contributed by atoms with Crippen LogP contribution < -0.4 is 0 Å². The molecule has 128 valence electrons. The molecule has 1 aromatic carbocycles. The van der Waals surface area contributed by atoms with Gasteiger partial charge in [-0.25, -0.2) is 13.8 Å². The van der Waals surface area contributed by atoms with Crippen LogP contribution in [0.25, 0.3) is 11.0 Å². The van der Waals surface area contributed by atoms with Gasteiger partial charge in [-0.1, -0.05) is 41.5 Å². The average Bonchev–Trinajstić information content (AvgIpc) is 2.95. The summed E-state index contributed by atoms with van der Waals surface area (Å²) in [4.78, 5) is 4.89. The minimum absolute atomic E-state index is 0.312. The van der Waals surface area contributed by atoms with Crippen LogP contribution in [0.1, 0.15) is 52.9 Å². The summed E-state index contributed by atoms with van der Waals surface area (Å²) in [6.45, 7) is 13.1. The van der Waals surface area contributed by atoms with E-state index in [9.17, 15) is 22.0 Å². The van der Waals surface area contributed by atoms with Crippen molar-refractivity contribution >= 4 is 11.0 Å². The van der Waals surface area contributed by atoms with Crippen molar-refractivity contribution in [2.24, 2.45) is 0 Å². The highest BCUT2D eigenvalue weighted by atomic mass is 19.4. The predicted molar refractivity (Wildman–Crippen MR) is 79.8 cm³/mol. The summed E-state index contributed by atoms with van der Waals surface area (Å²) in [6.07, 6.45) is -4.71. The zero-order valence-corrected chi connectivity index (χ0v) is 13.9. The van der Waals surface area contributed by atoms with Crippen molar-refractivity contribution in [3.05, 3.63) is 29.1 Å². The highest BCUT2D eigenvalue weighted by molar-refractivity contribution is 5.77. The standard InChI is InChI=1S/C9H5F5N2.3C2H6/c1-3-4(10)2-5-7(6(3)11)16-8(15-5)9(12,13)14;3*1-2/h2H,1H3,(H,15,16);3*1-2H3. The number of H-pyrrole nitrogens is 1. The van der Waals surface area contributed by atoms with E-state index >= 15 is 0 Å². The number of imidazole rings is 1. The molecule has 7 heteroatoms. The number of aromatic amines is 1. The van der Waals surface area contributed by atoms with Crippen molar-refractivity contribution in [2.75, 3.05) is 0 Å². The van der Waals surface area contributed by atoms with Gasteiger partial charge in [0, 0.05) is 11.6 Å². The van der Waals surface area contributed by atoms with E-state index in [1.807, 2.05) is 46.5 Å². The Hall–Kier alpha value is -1.66. The van der Waals surface area contributed by atoms with Crippen molar-refractivity contribution < 1.29 is 22.0 Å². The smallest absolute Gasteiger partial charge is 0.334 e. The lowest BCUT2D eigenvalue weighted by molar-refractivity contribution is -0.144. The summed E-state index contributed by atoms with van der Waals surface area (Å²) in [5, 5.41) is 0. The van der Waals surface area contributed by atoms with Crippen LogP contribution in [0.3, 0.4) is 0 Å². The van der Waals surface area contributed by atoms with Gasteiger partial charge >= 0.3 is 6.18 Å². The third-order valence-corrected chi connectivity index (χ3v) is 2.17. The molecule has 0 aliphatic carbocycles. The molecule has 0 fully saturated rings. The Labute approximate surface area is 127 Å². The Morgan fingerprint density at radius 1 is 0.955 bits per heavy atom. The van der Waals surface area contributed by atoms with Crippen LogP contribution >= 0.6 is 0 Å². The lowest BCUT2D eigenvalue weighted by Gasteiger charge is -1.98.